The zero-order valence-corrected chi connectivity index (χ0v) is 71.6. The summed E-state index contributed by atoms with van der Waals surface area (Å²) in [4.78, 5) is 78.1. The molecule has 4 aromatic heterocycles. The van der Waals surface area contributed by atoms with Crippen LogP contribution in [0, 0.1) is 40.4 Å². The van der Waals surface area contributed by atoms with Gasteiger partial charge < -0.3 is 102 Å². The summed E-state index contributed by atoms with van der Waals surface area (Å²) < 4.78 is 148. The van der Waals surface area contributed by atoms with Gasteiger partial charge in [-0.2, -0.15) is 38.4 Å². The van der Waals surface area contributed by atoms with E-state index in [4.69, 9.17) is 49.9 Å². The van der Waals surface area contributed by atoms with Crippen molar-refractivity contribution < 1.29 is 97.7 Å². The monoisotopic (exact) mass is 1850 g/mol. The largest absolute Gasteiger partial charge is 0.489 e. The van der Waals surface area contributed by atoms with Gasteiger partial charge in [-0.1, -0.05) is 68.2 Å². The van der Waals surface area contributed by atoms with E-state index in [1.807, 2.05) is 6.07 Å². The number of aliphatic hydroxyl groups excluding tert-OH is 2. The maximum Gasteiger partial charge on any atom is 0.421 e. The van der Waals surface area contributed by atoms with Crippen LogP contribution < -0.4 is 77.4 Å². The molecule has 4 heterocycles. The minimum atomic E-state index is -4.75. The number of rotatable bonds is 41. The fourth-order valence-electron chi connectivity index (χ4n) is 10.8. The van der Waals surface area contributed by atoms with Crippen molar-refractivity contribution in [2.24, 2.45) is 0 Å². The number of amides is 3. The number of allylic oxidation sites excluding steroid dienone is 1. The lowest BCUT2D eigenvalue weighted by molar-refractivity contribution is -0.137. The highest BCUT2D eigenvalue weighted by Gasteiger charge is 2.36. The summed E-state index contributed by atoms with van der Waals surface area (Å²) in [5.74, 6) is -4.30. The Bertz CT molecular complexity index is 6090. The number of aromatic nitrogens is 8. The highest BCUT2D eigenvalue weighted by molar-refractivity contribution is 6.32. The molecule has 0 fully saturated rings. The number of carbonyl (C=O) groups is 4. The molecule has 0 saturated heterocycles. The molecule has 33 nitrogen and oxygen atoms in total. The molecule has 1 atom stereocenters. The van der Waals surface area contributed by atoms with Crippen molar-refractivity contribution >= 4 is 145 Å². The van der Waals surface area contributed by atoms with Crippen LogP contribution in [-0.4, -0.2) is 154 Å². The molecule has 8 aromatic carbocycles. The third kappa shape index (κ3) is 32.8. The molecule has 0 bridgehead atoms. The molecule has 0 aliphatic heterocycles. The van der Waals surface area contributed by atoms with E-state index in [-0.39, 0.29) is 138 Å². The number of halogens is 9. The van der Waals surface area contributed by atoms with Crippen molar-refractivity contribution in [3.05, 3.63) is 296 Å². The van der Waals surface area contributed by atoms with E-state index in [0.29, 0.717) is 75.6 Å². The van der Waals surface area contributed by atoms with E-state index < -0.39 is 65.3 Å². The van der Waals surface area contributed by atoms with Gasteiger partial charge in [0, 0.05) is 121 Å². The number of hydrogen-bond acceptors (Lipinski definition) is 30. The number of nitrogens with one attached hydrogen (secondary N) is 11. The lowest BCUT2D eigenvalue weighted by Crippen LogP contribution is -2.21. The SMILES string of the molecule is C=CC(=O)Cc1ccc(Nc2nc(Nc3ccc(OCCOC)c(F)c3)ncc2F)cc1.C=CC(=O)Nc1cccc(Nc2nc(Nc3ccc(Cl)c(OCC(O)CO)c3)ncc2F)c1.C=CC(=O)Nc1cccc(Nc2nc(Nc3ccc(OCCOC)c(F)c3)ncc2C#N)c1.C=CC(=O)Nc1cccc(Nc2nc(Nc3ccc(OCCOC)c(F)c3)ncc2C(F)(F)F)c1. The van der Waals surface area contributed by atoms with Crippen LogP contribution in [-0.2, 0) is 46.0 Å². The molecule has 1 unspecified atom stereocenters. The van der Waals surface area contributed by atoms with Crippen molar-refractivity contribution in [3.8, 4) is 29.1 Å². The predicted octanol–water partition coefficient (Wildman–Crippen LogP) is 17.6. The number of nitriles is 1. The van der Waals surface area contributed by atoms with Crippen LogP contribution >= 0.6 is 11.6 Å². The van der Waals surface area contributed by atoms with Crippen molar-refractivity contribution in [2.45, 2.75) is 18.7 Å². The molecule has 3 amide bonds. The first-order chi connectivity index (χ1) is 64.1. The Kier molecular flexibility index (Phi) is 38.6. The van der Waals surface area contributed by atoms with E-state index >= 15 is 0 Å². The van der Waals surface area contributed by atoms with E-state index in [2.05, 4.69) is 125 Å². The fourth-order valence-corrected chi connectivity index (χ4v) is 10.9. The molecular weight excluding hydrogens is 1770 g/mol. The summed E-state index contributed by atoms with van der Waals surface area (Å²) in [6, 6.07) is 45.8. The summed E-state index contributed by atoms with van der Waals surface area (Å²) >= 11 is 6.10. The van der Waals surface area contributed by atoms with Crippen LogP contribution in [0.1, 0.15) is 16.7 Å². The first-order valence-corrected chi connectivity index (χ1v) is 39.7. The molecule has 0 aliphatic rings. The second-order valence-corrected chi connectivity index (χ2v) is 27.3. The molecule has 0 spiro atoms. The normalized spacial score (nSPS) is 10.7. The number of ketones is 1. The minimum Gasteiger partial charge on any atom is -0.489 e. The van der Waals surface area contributed by atoms with Gasteiger partial charge in [0.25, 0.3) is 0 Å². The maximum atomic E-state index is 14.3. The van der Waals surface area contributed by atoms with Crippen LogP contribution in [0.3, 0.4) is 0 Å². The molecular formula is C91H85ClF8N20O13. The van der Waals surface area contributed by atoms with Crippen LogP contribution in [0.5, 0.6) is 23.0 Å². The van der Waals surface area contributed by atoms with Crippen molar-refractivity contribution in [2.75, 3.05) is 133 Å². The second-order valence-electron chi connectivity index (χ2n) is 26.9. The Morgan fingerprint density at radius 3 is 1.17 bits per heavy atom. The van der Waals surface area contributed by atoms with Gasteiger partial charge in [0.2, 0.25) is 41.5 Å². The second kappa shape index (κ2) is 51.1. The number of methoxy groups -OCH3 is 3. The number of anilines is 19. The first-order valence-electron chi connectivity index (χ1n) is 39.3. The summed E-state index contributed by atoms with van der Waals surface area (Å²) in [6.45, 7) is 14.6. The maximum absolute atomic E-state index is 14.3. The van der Waals surface area contributed by atoms with Gasteiger partial charge in [0.1, 0.15) is 61.3 Å². The van der Waals surface area contributed by atoms with E-state index in [9.17, 15) is 64.7 Å². The van der Waals surface area contributed by atoms with E-state index in [1.165, 1.54) is 88.2 Å². The van der Waals surface area contributed by atoms with Crippen LogP contribution in [0.2, 0.25) is 5.02 Å². The molecule has 690 valence electrons. The van der Waals surface area contributed by atoms with Crippen LogP contribution in [0.15, 0.2) is 245 Å². The van der Waals surface area contributed by atoms with Gasteiger partial charge in [-0.25, -0.2) is 41.9 Å². The number of hydrogen-bond donors (Lipinski definition) is 13. The number of carbonyl (C=O) groups excluding carboxylic acids is 4. The Morgan fingerprint density at radius 2 is 0.774 bits per heavy atom. The van der Waals surface area contributed by atoms with Gasteiger partial charge in [0.15, 0.2) is 69.6 Å². The number of ether oxygens (including phenoxy) is 7. The molecule has 133 heavy (non-hydrogen) atoms. The van der Waals surface area contributed by atoms with Gasteiger partial charge >= 0.3 is 6.18 Å². The molecule has 0 saturated carbocycles. The molecule has 42 heteroatoms. The Labute approximate surface area is 760 Å². The number of aliphatic hydroxyl groups is 2. The predicted molar refractivity (Wildman–Crippen MR) is 487 cm³/mol. The van der Waals surface area contributed by atoms with Crippen molar-refractivity contribution in [3.63, 3.8) is 0 Å². The van der Waals surface area contributed by atoms with Crippen molar-refractivity contribution in [1.29, 1.82) is 5.26 Å². The molecule has 13 N–H and O–H groups in total. The third-order valence-electron chi connectivity index (χ3n) is 17.1. The summed E-state index contributed by atoms with van der Waals surface area (Å²) in [6.07, 6.45) is 3.06. The topological polar surface area (TPSA) is 433 Å². The highest BCUT2D eigenvalue weighted by Crippen LogP contribution is 2.38. The van der Waals surface area contributed by atoms with E-state index in [1.54, 1.807) is 109 Å². The van der Waals surface area contributed by atoms with Gasteiger partial charge in [0.05, 0.1) is 50.0 Å². The lowest BCUT2D eigenvalue weighted by Gasteiger charge is -2.15. The minimum absolute atomic E-state index is 0.00767. The van der Waals surface area contributed by atoms with Crippen LogP contribution in [0.25, 0.3) is 0 Å². The zero-order valence-electron chi connectivity index (χ0n) is 70.9. The lowest BCUT2D eigenvalue weighted by atomic mass is 10.1. The summed E-state index contributed by atoms with van der Waals surface area (Å²) in [5, 5.41) is 58.5. The fraction of sp³-hybridized carbons (Fsp3) is 0.154. The Morgan fingerprint density at radius 1 is 0.421 bits per heavy atom. The summed E-state index contributed by atoms with van der Waals surface area (Å²) in [7, 11) is 4.54. The Balaban J connectivity index is 0.000000199. The number of benzene rings is 8. The number of nitrogens with zero attached hydrogens (tertiary/aromatic N) is 9. The average Bonchev–Trinajstić information content (AvgIpc) is 0.806. The highest BCUT2D eigenvalue weighted by atomic mass is 35.5. The van der Waals surface area contributed by atoms with Crippen molar-refractivity contribution in [1.82, 2.24) is 39.9 Å². The zero-order chi connectivity index (χ0) is 95.8. The van der Waals surface area contributed by atoms with Gasteiger partial charge in [-0.15, -0.1) is 0 Å². The van der Waals surface area contributed by atoms with Crippen LogP contribution in [0.4, 0.5) is 145 Å². The first kappa shape index (κ1) is 101. The average molecular weight is 1850 g/mol. The third-order valence-corrected chi connectivity index (χ3v) is 17.4. The quantitative estimate of drug-likeness (QED) is 0.00961. The smallest absolute Gasteiger partial charge is 0.421 e. The van der Waals surface area contributed by atoms with Gasteiger partial charge in [-0.05, 0) is 145 Å². The molecule has 0 aliphatic carbocycles. The standard InChI is InChI=1S/C23H21F4N5O3.C23H22F2N4O3.C23H21FN6O3.C22H21ClFN5O4/c1-3-20(33)29-14-5-4-6-15(11-14)30-21-17(23(25,26)27)13-28-22(32-21)31-16-7-8-19(18(24)12-16)35-10-9-34-2;1-3-18(30)12-15-4-6-16(7-5-15)27-22-20(25)14-26-23(29-22)28-17-8-9-21(19(24)13-17)32-11-10-31-2;1-3-21(31)27-16-5-4-6-17(11-16)28-22-15(13-25)14-26-23(30-22)29-18-7-8-20(19(24)12-18)33-10-9-32-2;1-2-20(32)26-13-4-3-5-14(8-13)27-21-18(24)10-25-22(29-21)28-15-6-7-17(23)19(9-15)33-12-16(31)11-30/h3-8,11-13H,1,9-10H2,2H3,(H,29,33)(H2,28,30,31,32);3-9,13-14H,1,10-12H2,2H3,(H2,26,27,28,29);3-8,11-12,14H,1,9-10H2,2H3,(H,27,31)(H2,26,28,29,30);2-10,16,30-31H,1,11-12H2,(H,26,32)(H2,25,27,28,29). The number of alkyl halides is 3. The summed E-state index contributed by atoms with van der Waals surface area (Å²) in [5.41, 5.74) is 4.62. The molecule has 0 radical (unpaired) electrons. The van der Waals surface area contributed by atoms with E-state index in [0.717, 1.165) is 42.3 Å². The van der Waals surface area contributed by atoms with Gasteiger partial charge in [-0.3, -0.25) is 19.2 Å². The molecule has 12 rings (SSSR count). The molecule has 12 aromatic rings. The Hall–Kier alpha value is -16.3.